The number of hydrogen-bond donors (Lipinski definition) is 1. The van der Waals surface area contributed by atoms with Crippen molar-refractivity contribution in [2.75, 3.05) is 40.5 Å². The molecule has 1 aliphatic rings. The summed E-state index contributed by atoms with van der Waals surface area (Å²) in [6.45, 7) is 7.73. The van der Waals surface area contributed by atoms with Crippen LogP contribution in [0.1, 0.15) is 46.0 Å². The lowest BCUT2D eigenvalue weighted by Gasteiger charge is -2.50. The van der Waals surface area contributed by atoms with E-state index in [1.165, 1.54) is 32.1 Å². The van der Waals surface area contributed by atoms with Crippen molar-refractivity contribution in [3.63, 3.8) is 0 Å². The molecular formula is C16H34N2O2. The summed E-state index contributed by atoms with van der Waals surface area (Å²) in [4.78, 5) is 2.56. The van der Waals surface area contributed by atoms with Gasteiger partial charge in [-0.3, -0.25) is 4.90 Å². The van der Waals surface area contributed by atoms with E-state index in [2.05, 4.69) is 18.7 Å². The maximum absolute atomic E-state index is 6.24. The fraction of sp³-hybridized carbons (Fsp3) is 1.00. The Morgan fingerprint density at radius 2 is 2.10 bits per heavy atom. The molecule has 1 saturated carbocycles. The van der Waals surface area contributed by atoms with Gasteiger partial charge in [0.2, 0.25) is 0 Å². The van der Waals surface area contributed by atoms with Crippen molar-refractivity contribution in [3.8, 4) is 0 Å². The lowest BCUT2D eigenvalue weighted by atomic mass is 9.73. The van der Waals surface area contributed by atoms with Crippen molar-refractivity contribution in [2.45, 2.75) is 57.5 Å². The summed E-state index contributed by atoms with van der Waals surface area (Å²) < 4.78 is 10.7. The highest BCUT2D eigenvalue weighted by Gasteiger charge is 2.41. The van der Waals surface area contributed by atoms with Crippen LogP contribution in [0, 0.1) is 5.92 Å². The van der Waals surface area contributed by atoms with Crippen LogP contribution in [0.4, 0.5) is 0 Å². The van der Waals surface area contributed by atoms with E-state index in [1.54, 1.807) is 14.2 Å². The van der Waals surface area contributed by atoms with Gasteiger partial charge >= 0.3 is 0 Å². The van der Waals surface area contributed by atoms with Crippen LogP contribution in [0.2, 0.25) is 0 Å². The number of rotatable bonds is 9. The number of ether oxygens (including phenoxy) is 2. The highest BCUT2D eigenvalue weighted by molar-refractivity contribution is 4.98. The Bertz CT molecular complexity index is 263. The van der Waals surface area contributed by atoms with Crippen molar-refractivity contribution in [1.29, 1.82) is 0 Å². The Hall–Kier alpha value is -0.160. The van der Waals surface area contributed by atoms with Gasteiger partial charge in [-0.05, 0) is 25.7 Å². The highest BCUT2D eigenvalue weighted by Crippen LogP contribution is 2.38. The normalized spacial score (nSPS) is 28.8. The molecule has 1 fully saturated rings. The summed E-state index contributed by atoms with van der Waals surface area (Å²) >= 11 is 0. The first-order valence-electron chi connectivity index (χ1n) is 8.08. The predicted molar refractivity (Wildman–Crippen MR) is 84.0 cm³/mol. The zero-order chi connectivity index (χ0) is 15.0. The molecule has 120 valence electrons. The molecule has 0 aromatic rings. The lowest BCUT2D eigenvalue weighted by molar-refractivity contribution is -0.0300. The number of hydrogen-bond acceptors (Lipinski definition) is 4. The van der Waals surface area contributed by atoms with Crippen LogP contribution in [-0.2, 0) is 9.47 Å². The van der Waals surface area contributed by atoms with E-state index < -0.39 is 0 Å². The Morgan fingerprint density at radius 1 is 1.35 bits per heavy atom. The minimum Gasteiger partial charge on any atom is -0.383 e. The second kappa shape index (κ2) is 8.98. The second-order valence-electron chi connectivity index (χ2n) is 6.29. The van der Waals surface area contributed by atoms with Gasteiger partial charge in [-0.25, -0.2) is 0 Å². The molecule has 20 heavy (non-hydrogen) atoms. The first-order chi connectivity index (χ1) is 9.63. The van der Waals surface area contributed by atoms with Crippen LogP contribution in [-0.4, -0.2) is 57.0 Å². The van der Waals surface area contributed by atoms with Gasteiger partial charge in [-0.15, -0.1) is 0 Å². The van der Waals surface area contributed by atoms with Gasteiger partial charge in [-0.2, -0.15) is 0 Å². The molecule has 1 aliphatic carbocycles. The summed E-state index contributed by atoms with van der Waals surface area (Å²) in [6, 6.07) is 0.384. The van der Waals surface area contributed by atoms with Crippen molar-refractivity contribution < 1.29 is 9.47 Å². The lowest BCUT2D eigenvalue weighted by Crippen LogP contribution is -2.60. The maximum Gasteiger partial charge on any atom is 0.0615 e. The highest BCUT2D eigenvalue weighted by atomic mass is 16.5. The zero-order valence-corrected chi connectivity index (χ0v) is 13.9. The molecular weight excluding hydrogens is 252 g/mol. The fourth-order valence-corrected chi connectivity index (χ4v) is 3.82. The quantitative estimate of drug-likeness (QED) is 0.706. The van der Waals surface area contributed by atoms with Crippen molar-refractivity contribution >= 4 is 0 Å². The van der Waals surface area contributed by atoms with E-state index in [4.69, 9.17) is 15.2 Å². The standard InChI is InChI=1S/C16H34N2O2/c1-5-15-7-6-8-16(11-15,13-17)18(9-10-19-3)14(2)12-20-4/h14-15H,5-13,17H2,1-4H3. The van der Waals surface area contributed by atoms with Crippen LogP contribution >= 0.6 is 0 Å². The summed E-state index contributed by atoms with van der Waals surface area (Å²) in [5.41, 5.74) is 6.37. The van der Waals surface area contributed by atoms with Crippen LogP contribution in [0.25, 0.3) is 0 Å². The molecule has 3 unspecified atom stereocenters. The molecule has 2 N–H and O–H groups in total. The summed E-state index contributed by atoms with van der Waals surface area (Å²) in [6.07, 6.45) is 6.34. The van der Waals surface area contributed by atoms with E-state index in [0.29, 0.717) is 6.04 Å². The monoisotopic (exact) mass is 286 g/mol. The summed E-state index contributed by atoms with van der Waals surface area (Å²) in [7, 11) is 3.54. The topological polar surface area (TPSA) is 47.7 Å². The molecule has 0 radical (unpaired) electrons. The molecule has 0 spiro atoms. The molecule has 4 nitrogen and oxygen atoms in total. The molecule has 0 aromatic carbocycles. The molecule has 0 saturated heterocycles. The number of nitrogens with zero attached hydrogens (tertiary/aromatic N) is 1. The molecule has 0 heterocycles. The Labute approximate surface area is 125 Å². The average molecular weight is 286 g/mol. The van der Waals surface area contributed by atoms with Gasteiger partial charge in [-0.1, -0.05) is 26.2 Å². The van der Waals surface area contributed by atoms with E-state index in [1.807, 2.05) is 0 Å². The third-order valence-electron chi connectivity index (χ3n) is 4.97. The van der Waals surface area contributed by atoms with Crippen molar-refractivity contribution in [2.24, 2.45) is 11.7 Å². The van der Waals surface area contributed by atoms with Crippen LogP contribution in [0.3, 0.4) is 0 Å². The third-order valence-corrected chi connectivity index (χ3v) is 4.97. The largest absolute Gasteiger partial charge is 0.383 e. The van der Waals surface area contributed by atoms with Crippen LogP contribution < -0.4 is 5.73 Å². The number of methoxy groups -OCH3 is 2. The molecule has 0 bridgehead atoms. The van der Waals surface area contributed by atoms with Gasteiger partial charge in [0.15, 0.2) is 0 Å². The van der Waals surface area contributed by atoms with E-state index in [9.17, 15) is 0 Å². The van der Waals surface area contributed by atoms with Gasteiger partial charge in [0.25, 0.3) is 0 Å². The van der Waals surface area contributed by atoms with Gasteiger partial charge in [0.1, 0.15) is 0 Å². The van der Waals surface area contributed by atoms with Crippen LogP contribution in [0.5, 0.6) is 0 Å². The molecule has 3 atom stereocenters. The Kier molecular flexibility index (Phi) is 8.03. The molecule has 0 aromatic heterocycles. The van der Waals surface area contributed by atoms with E-state index in [0.717, 1.165) is 32.2 Å². The van der Waals surface area contributed by atoms with Gasteiger partial charge in [0, 0.05) is 38.9 Å². The van der Waals surface area contributed by atoms with Gasteiger partial charge in [0.05, 0.1) is 13.2 Å². The zero-order valence-electron chi connectivity index (χ0n) is 13.9. The number of nitrogens with two attached hydrogens (primary N) is 1. The van der Waals surface area contributed by atoms with Crippen LogP contribution in [0.15, 0.2) is 0 Å². The minimum absolute atomic E-state index is 0.134. The van der Waals surface area contributed by atoms with E-state index in [-0.39, 0.29) is 5.54 Å². The van der Waals surface area contributed by atoms with Crippen molar-refractivity contribution in [1.82, 2.24) is 4.90 Å². The summed E-state index contributed by atoms with van der Waals surface area (Å²) in [5, 5.41) is 0. The maximum atomic E-state index is 6.24. The third kappa shape index (κ3) is 4.42. The smallest absolute Gasteiger partial charge is 0.0615 e. The molecule has 0 aliphatic heterocycles. The second-order valence-corrected chi connectivity index (χ2v) is 6.29. The minimum atomic E-state index is 0.134. The predicted octanol–water partition coefficient (Wildman–Crippen LogP) is 2.27. The Morgan fingerprint density at radius 3 is 2.65 bits per heavy atom. The average Bonchev–Trinajstić information content (AvgIpc) is 2.48. The van der Waals surface area contributed by atoms with E-state index >= 15 is 0 Å². The molecule has 4 heteroatoms. The Balaban J connectivity index is 2.86. The van der Waals surface area contributed by atoms with Crippen molar-refractivity contribution in [3.05, 3.63) is 0 Å². The SMILES string of the molecule is CCC1CCCC(CN)(N(CCOC)C(C)COC)C1. The molecule has 0 amide bonds. The fourth-order valence-electron chi connectivity index (χ4n) is 3.82. The first-order valence-corrected chi connectivity index (χ1v) is 8.08. The summed E-state index contributed by atoms with van der Waals surface area (Å²) in [5.74, 6) is 0.812. The van der Waals surface area contributed by atoms with Gasteiger partial charge < -0.3 is 15.2 Å². The first kappa shape index (κ1) is 17.9. The molecule has 1 rings (SSSR count).